The van der Waals surface area contributed by atoms with Gasteiger partial charge in [-0.1, -0.05) is 43.0 Å². The van der Waals surface area contributed by atoms with Crippen molar-refractivity contribution in [3.63, 3.8) is 0 Å². The molecule has 1 aromatic rings. The standard InChI is InChI=1S/C19H26ClNO/c20-18-14-16(19(22)10-13-21-11-4-5-12-21)8-9-17(18)15-6-2-1-3-7-15/h8-9,14-15H,1-7,10-13H2. The molecule has 1 aromatic carbocycles. The minimum atomic E-state index is 0.226. The van der Waals surface area contributed by atoms with E-state index in [1.165, 1.54) is 50.5 Å². The number of carbonyl (C=O) groups excluding carboxylic acids is 1. The van der Waals surface area contributed by atoms with Gasteiger partial charge in [-0.2, -0.15) is 0 Å². The first kappa shape index (κ1) is 16.0. The second kappa shape index (κ2) is 7.61. The van der Waals surface area contributed by atoms with Crippen LogP contribution in [0.15, 0.2) is 18.2 Å². The van der Waals surface area contributed by atoms with E-state index in [4.69, 9.17) is 11.6 Å². The highest BCUT2D eigenvalue weighted by molar-refractivity contribution is 6.31. The Labute approximate surface area is 138 Å². The van der Waals surface area contributed by atoms with Gasteiger partial charge in [-0.25, -0.2) is 0 Å². The molecule has 0 radical (unpaired) electrons. The number of likely N-dealkylation sites (tertiary alicyclic amines) is 1. The lowest BCUT2D eigenvalue weighted by Gasteiger charge is -2.23. The Hall–Kier alpha value is -0.860. The molecule has 0 N–H and O–H groups in total. The summed E-state index contributed by atoms with van der Waals surface area (Å²) in [5.41, 5.74) is 2.03. The van der Waals surface area contributed by atoms with E-state index in [9.17, 15) is 4.79 Å². The minimum Gasteiger partial charge on any atom is -0.303 e. The van der Waals surface area contributed by atoms with Crippen LogP contribution in [0.5, 0.6) is 0 Å². The van der Waals surface area contributed by atoms with Gasteiger partial charge < -0.3 is 4.90 Å². The van der Waals surface area contributed by atoms with Crippen LogP contribution in [0, 0.1) is 0 Å². The molecule has 1 aliphatic heterocycles. The van der Waals surface area contributed by atoms with Crippen LogP contribution in [-0.2, 0) is 0 Å². The Morgan fingerprint density at radius 2 is 1.82 bits per heavy atom. The molecule has 1 aliphatic carbocycles. The maximum Gasteiger partial charge on any atom is 0.164 e. The molecule has 2 aliphatic rings. The molecule has 3 heteroatoms. The molecule has 0 unspecified atom stereocenters. The lowest BCUT2D eigenvalue weighted by Crippen LogP contribution is -2.22. The van der Waals surface area contributed by atoms with Crippen LogP contribution in [-0.4, -0.2) is 30.3 Å². The molecule has 2 fully saturated rings. The second-order valence-corrected chi connectivity index (χ2v) is 7.20. The summed E-state index contributed by atoms with van der Waals surface area (Å²) in [5, 5.41) is 0.791. The summed E-state index contributed by atoms with van der Waals surface area (Å²) in [4.78, 5) is 14.7. The van der Waals surface area contributed by atoms with Crippen molar-refractivity contribution in [3.8, 4) is 0 Å². The number of nitrogens with zero attached hydrogens (tertiary/aromatic N) is 1. The fourth-order valence-electron chi connectivity index (χ4n) is 3.86. The van der Waals surface area contributed by atoms with E-state index in [0.29, 0.717) is 12.3 Å². The molecule has 1 heterocycles. The monoisotopic (exact) mass is 319 g/mol. The molecule has 1 saturated heterocycles. The van der Waals surface area contributed by atoms with E-state index in [1.54, 1.807) is 0 Å². The topological polar surface area (TPSA) is 20.3 Å². The van der Waals surface area contributed by atoms with Gasteiger partial charge in [-0.3, -0.25) is 4.79 Å². The Balaban J connectivity index is 1.61. The van der Waals surface area contributed by atoms with Crippen molar-refractivity contribution in [2.75, 3.05) is 19.6 Å². The van der Waals surface area contributed by atoms with Gasteiger partial charge in [0.15, 0.2) is 5.78 Å². The second-order valence-electron chi connectivity index (χ2n) is 6.79. The van der Waals surface area contributed by atoms with E-state index < -0.39 is 0 Å². The molecule has 2 nitrogen and oxygen atoms in total. The first-order valence-corrected chi connectivity index (χ1v) is 9.17. The smallest absolute Gasteiger partial charge is 0.164 e. The zero-order valence-electron chi connectivity index (χ0n) is 13.3. The summed E-state index contributed by atoms with van der Waals surface area (Å²) in [6, 6.07) is 5.99. The van der Waals surface area contributed by atoms with Gasteiger partial charge in [0.2, 0.25) is 0 Å². The van der Waals surface area contributed by atoms with Crippen LogP contribution in [0.25, 0.3) is 0 Å². The average Bonchev–Trinajstić information content (AvgIpc) is 3.07. The molecule has 0 amide bonds. The van der Waals surface area contributed by atoms with E-state index in [-0.39, 0.29) is 5.78 Å². The van der Waals surface area contributed by atoms with Gasteiger partial charge >= 0.3 is 0 Å². The number of Topliss-reactive ketones (excluding diaryl/α,β-unsaturated/α-hetero) is 1. The minimum absolute atomic E-state index is 0.226. The van der Waals surface area contributed by atoms with Crippen LogP contribution < -0.4 is 0 Å². The Morgan fingerprint density at radius 1 is 1.09 bits per heavy atom. The highest BCUT2D eigenvalue weighted by atomic mass is 35.5. The van der Waals surface area contributed by atoms with E-state index in [2.05, 4.69) is 11.0 Å². The SMILES string of the molecule is O=C(CCN1CCCC1)c1ccc(C2CCCCC2)c(Cl)c1. The summed E-state index contributed by atoms with van der Waals surface area (Å²) < 4.78 is 0. The Kier molecular flexibility index (Phi) is 5.54. The molecule has 0 atom stereocenters. The van der Waals surface area contributed by atoms with Crippen LogP contribution in [0.4, 0.5) is 0 Å². The normalized spacial score (nSPS) is 20.4. The average molecular weight is 320 g/mol. The third-order valence-corrected chi connectivity index (χ3v) is 5.55. The largest absolute Gasteiger partial charge is 0.303 e. The Bertz CT molecular complexity index is 516. The van der Waals surface area contributed by atoms with Crippen molar-refractivity contribution in [1.29, 1.82) is 0 Å². The third kappa shape index (κ3) is 3.91. The lowest BCUT2D eigenvalue weighted by molar-refractivity contribution is 0.0969. The molecule has 3 rings (SSSR count). The van der Waals surface area contributed by atoms with E-state index >= 15 is 0 Å². The molecular weight excluding hydrogens is 294 g/mol. The summed E-state index contributed by atoms with van der Waals surface area (Å²) >= 11 is 6.47. The molecule has 0 bridgehead atoms. The molecule has 1 saturated carbocycles. The molecule has 120 valence electrons. The number of ketones is 1. The quantitative estimate of drug-likeness (QED) is 0.707. The van der Waals surface area contributed by atoms with E-state index in [0.717, 1.165) is 30.2 Å². The van der Waals surface area contributed by atoms with E-state index in [1.807, 2.05) is 12.1 Å². The summed E-state index contributed by atoms with van der Waals surface area (Å²) in [7, 11) is 0. The van der Waals surface area contributed by atoms with Gasteiger partial charge in [0.1, 0.15) is 0 Å². The zero-order chi connectivity index (χ0) is 15.4. The Morgan fingerprint density at radius 3 is 2.50 bits per heavy atom. The summed E-state index contributed by atoms with van der Waals surface area (Å²) in [6.07, 6.45) is 9.59. The summed E-state index contributed by atoms with van der Waals surface area (Å²) in [6.45, 7) is 3.18. The molecule has 0 aromatic heterocycles. The first-order chi connectivity index (χ1) is 10.7. The number of benzene rings is 1. The van der Waals surface area contributed by atoms with Gasteiger partial charge in [0, 0.05) is 23.6 Å². The van der Waals surface area contributed by atoms with Crippen LogP contribution in [0.3, 0.4) is 0 Å². The van der Waals surface area contributed by atoms with Crippen LogP contribution in [0.2, 0.25) is 5.02 Å². The lowest BCUT2D eigenvalue weighted by atomic mass is 9.83. The first-order valence-electron chi connectivity index (χ1n) is 8.79. The molecule has 22 heavy (non-hydrogen) atoms. The number of hydrogen-bond acceptors (Lipinski definition) is 2. The third-order valence-electron chi connectivity index (χ3n) is 5.22. The van der Waals surface area contributed by atoms with Crippen molar-refractivity contribution in [1.82, 2.24) is 4.90 Å². The highest BCUT2D eigenvalue weighted by Gasteiger charge is 2.19. The van der Waals surface area contributed by atoms with Gasteiger partial charge in [0.05, 0.1) is 0 Å². The fraction of sp³-hybridized carbons (Fsp3) is 0.632. The number of rotatable bonds is 5. The molecule has 0 spiro atoms. The van der Waals surface area contributed by atoms with Gasteiger partial charge in [-0.05, 0) is 56.3 Å². The van der Waals surface area contributed by atoms with Crippen molar-refractivity contribution in [3.05, 3.63) is 34.3 Å². The molecular formula is C19H26ClNO. The maximum atomic E-state index is 12.4. The van der Waals surface area contributed by atoms with Gasteiger partial charge in [-0.15, -0.1) is 0 Å². The van der Waals surface area contributed by atoms with Crippen LogP contribution >= 0.6 is 11.6 Å². The number of hydrogen-bond donors (Lipinski definition) is 0. The van der Waals surface area contributed by atoms with Crippen molar-refractivity contribution in [2.45, 2.75) is 57.3 Å². The predicted octanol–water partition coefficient (Wildman–Crippen LogP) is 5.06. The van der Waals surface area contributed by atoms with Crippen molar-refractivity contribution in [2.24, 2.45) is 0 Å². The maximum absolute atomic E-state index is 12.4. The number of halogens is 1. The van der Waals surface area contributed by atoms with Gasteiger partial charge in [0.25, 0.3) is 0 Å². The van der Waals surface area contributed by atoms with Crippen molar-refractivity contribution >= 4 is 17.4 Å². The summed E-state index contributed by atoms with van der Waals surface area (Å²) in [5.74, 6) is 0.819. The fourth-order valence-corrected chi connectivity index (χ4v) is 4.19. The highest BCUT2D eigenvalue weighted by Crippen LogP contribution is 2.36. The van der Waals surface area contributed by atoms with Crippen molar-refractivity contribution < 1.29 is 4.79 Å². The number of carbonyl (C=O) groups is 1. The predicted molar refractivity (Wildman–Crippen MR) is 91.9 cm³/mol. The zero-order valence-corrected chi connectivity index (χ0v) is 14.1. The van der Waals surface area contributed by atoms with Crippen LogP contribution in [0.1, 0.15) is 73.2 Å².